The molecule has 0 aliphatic carbocycles. The molecule has 2 aromatic heterocycles. The topological polar surface area (TPSA) is 63.2 Å². The van der Waals surface area contributed by atoms with Gasteiger partial charge in [-0.25, -0.2) is 14.6 Å². The highest BCUT2D eigenvalue weighted by molar-refractivity contribution is 5.74. The van der Waals surface area contributed by atoms with Crippen LogP contribution in [0.1, 0.15) is 5.69 Å². The van der Waals surface area contributed by atoms with Crippen molar-refractivity contribution in [1.29, 1.82) is 0 Å². The maximum absolute atomic E-state index is 6.03. The van der Waals surface area contributed by atoms with E-state index in [0.29, 0.717) is 5.95 Å². The van der Waals surface area contributed by atoms with E-state index in [-0.39, 0.29) is 0 Å². The zero-order valence-electron chi connectivity index (χ0n) is 10.8. The summed E-state index contributed by atoms with van der Waals surface area (Å²) in [7, 11) is 2.13. The van der Waals surface area contributed by atoms with Gasteiger partial charge in [0.2, 0.25) is 5.95 Å². The summed E-state index contributed by atoms with van der Waals surface area (Å²) in [6, 6.07) is 3.93. The second-order valence-electron chi connectivity index (χ2n) is 4.83. The summed E-state index contributed by atoms with van der Waals surface area (Å²) < 4.78 is 1.95. The molecule has 0 atom stereocenters. The van der Waals surface area contributed by atoms with Gasteiger partial charge in [-0.15, -0.1) is 0 Å². The molecule has 3 heterocycles. The summed E-state index contributed by atoms with van der Waals surface area (Å²) in [5, 5.41) is 2.22. The first-order chi connectivity index (χ1) is 8.65. The number of rotatable bonds is 1. The highest BCUT2D eigenvalue weighted by Crippen LogP contribution is 2.17. The Morgan fingerprint density at radius 1 is 1.11 bits per heavy atom. The second-order valence-corrected chi connectivity index (χ2v) is 4.83. The molecule has 3 rings (SSSR count). The van der Waals surface area contributed by atoms with Crippen LogP contribution in [0.3, 0.4) is 0 Å². The van der Waals surface area contributed by atoms with Crippen LogP contribution in [0.25, 0.3) is 11.2 Å². The lowest BCUT2D eigenvalue weighted by Crippen LogP contribution is -2.50. The van der Waals surface area contributed by atoms with Crippen LogP contribution in [0.2, 0.25) is 0 Å². The number of nitrogens with zero attached hydrogens (tertiary/aromatic N) is 5. The molecule has 0 radical (unpaired) electrons. The fraction of sp³-hybridized carbons (Fsp3) is 0.500. The van der Waals surface area contributed by atoms with Crippen molar-refractivity contribution in [2.75, 3.05) is 44.0 Å². The second kappa shape index (κ2) is 4.13. The Morgan fingerprint density at radius 2 is 1.83 bits per heavy atom. The van der Waals surface area contributed by atoms with E-state index in [1.165, 1.54) is 0 Å². The smallest absolute Gasteiger partial charge is 0.222 e. The number of hydrogen-bond donors (Lipinski definition) is 1. The molecule has 18 heavy (non-hydrogen) atoms. The van der Waals surface area contributed by atoms with Crippen molar-refractivity contribution < 1.29 is 0 Å². The minimum Gasteiger partial charge on any atom is -0.368 e. The predicted octanol–water partition coefficient (Wildman–Crippen LogP) is 0.205. The van der Waals surface area contributed by atoms with Crippen molar-refractivity contribution in [1.82, 2.24) is 19.5 Å². The Hall–Kier alpha value is -1.82. The molecule has 2 aromatic rings. The highest BCUT2D eigenvalue weighted by atomic mass is 15.6. The Labute approximate surface area is 106 Å². The number of aromatic nitrogens is 3. The van der Waals surface area contributed by atoms with Crippen LogP contribution in [0.4, 0.5) is 5.95 Å². The molecule has 0 saturated carbocycles. The van der Waals surface area contributed by atoms with Crippen LogP contribution in [0.15, 0.2) is 12.1 Å². The molecule has 1 saturated heterocycles. The molecule has 6 nitrogen and oxygen atoms in total. The largest absolute Gasteiger partial charge is 0.368 e. The molecule has 6 heteroatoms. The first-order valence-electron chi connectivity index (χ1n) is 6.20. The van der Waals surface area contributed by atoms with Crippen LogP contribution < -0.4 is 10.7 Å². The number of pyridine rings is 1. The molecule has 0 amide bonds. The van der Waals surface area contributed by atoms with Gasteiger partial charge < -0.3 is 15.6 Å². The Morgan fingerprint density at radius 3 is 2.56 bits per heavy atom. The first kappa shape index (κ1) is 11.3. The average molecular weight is 246 g/mol. The first-order valence-corrected chi connectivity index (χ1v) is 6.20. The maximum Gasteiger partial charge on any atom is 0.222 e. The van der Waals surface area contributed by atoms with Crippen molar-refractivity contribution >= 4 is 17.1 Å². The van der Waals surface area contributed by atoms with Gasteiger partial charge in [-0.05, 0) is 26.1 Å². The van der Waals surface area contributed by atoms with Gasteiger partial charge in [0.15, 0.2) is 5.65 Å². The van der Waals surface area contributed by atoms with E-state index in [4.69, 9.17) is 5.73 Å². The van der Waals surface area contributed by atoms with Gasteiger partial charge in [-0.3, -0.25) is 0 Å². The summed E-state index contributed by atoms with van der Waals surface area (Å²) in [4.78, 5) is 11.2. The Balaban J connectivity index is 2.05. The van der Waals surface area contributed by atoms with E-state index < -0.39 is 0 Å². The number of fused-ring (bicyclic) bond motifs is 1. The number of hydrogen-bond acceptors (Lipinski definition) is 5. The zero-order valence-corrected chi connectivity index (χ0v) is 10.8. The number of anilines is 1. The van der Waals surface area contributed by atoms with Crippen LogP contribution in [-0.4, -0.2) is 52.8 Å². The summed E-state index contributed by atoms with van der Waals surface area (Å²) in [5.41, 5.74) is 8.73. The quantitative estimate of drug-likeness (QED) is 0.779. The molecule has 96 valence electrons. The highest BCUT2D eigenvalue weighted by Gasteiger charge is 2.19. The van der Waals surface area contributed by atoms with Crippen molar-refractivity contribution in [2.45, 2.75) is 6.92 Å². The van der Waals surface area contributed by atoms with Gasteiger partial charge in [0, 0.05) is 31.9 Å². The van der Waals surface area contributed by atoms with Gasteiger partial charge in [0.25, 0.3) is 0 Å². The Bertz CT molecular complexity index is 567. The molecule has 1 fully saturated rings. The number of nitrogens with two attached hydrogens (primary N) is 1. The third-order valence-corrected chi connectivity index (χ3v) is 3.41. The summed E-state index contributed by atoms with van der Waals surface area (Å²) in [6.45, 7) is 5.94. The fourth-order valence-electron chi connectivity index (χ4n) is 2.33. The van der Waals surface area contributed by atoms with E-state index in [2.05, 4.69) is 26.9 Å². The molecule has 0 spiro atoms. The van der Waals surface area contributed by atoms with E-state index in [0.717, 1.165) is 43.0 Å². The van der Waals surface area contributed by atoms with Crippen LogP contribution >= 0.6 is 0 Å². The third-order valence-electron chi connectivity index (χ3n) is 3.41. The van der Waals surface area contributed by atoms with Crippen LogP contribution in [0, 0.1) is 6.92 Å². The van der Waals surface area contributed by atoms with E-state index in [1.807, 2.05) is 23.7 Å². The van der Waals surface area contributed by atoms with Crippen molar-refractivity contribution in [3.8, 4) is 0 Å². The minimum absolute atomic E-state index is 0.521. The molecular formula is C12H18N6. The molecule has 1 aliphatic rings. The van der Waals surface area contributed by atoms with Gasteiger partial charge in [-0.2, -0.15) is 0 Å². The lowest BCUT2D eigenvalue weighted by atomic mass is 10.3. The number of piperazine rings is 1. The predicted molar refractivity (Wildman–Crippen MR) is 72.1 cm³/mol. The fourth-order valence-corrected chi connectivity index (χ4v) is 2.33. The number of nitrogen functional groups attached to an aromatic ring is 1. The molecule has 2 N–H and O–H groups in total. The molecule has 0 aromatic carbocycles. The SMILES string of the molecule is Cc1ccc2nc(N)n(N3CCN(C)CC3)c2n1. The average Bonchev–Trinajstić information content (AvgIpc) is 2.66. The van der Waals surface area contributed by atoms with Crippen molar-refractivity contribution in [2.24, 2.45) is 0 Å². The van der Waals surface area contributed by atoms with E-state index in [9.17, 15) is 0 Å². The summed E-state index contributed by atoms with van der Waals surface area (Å²) >= 11 is 0. The third kappa shape index (κ3) is 1.78. The van der Waals surface area contributed by atoms with Crippen molar-refractivity contribution in [3.63, 3.8) is 0 Å². The minimum atomic E-state index is 0.521. The van der Waals surface area contributed by atoms with E-state index >= 15 is 0 Å². The molecular weight excluding hydrogens is 228 g/mol. The summed E-state index contributed by atoms with van der Waals surface area (Å²) in [5.74, 6) is 0.521. The van der Waals surface area contributed by atoms with Gasteiger partial charge in [0.1, 0.15) is 5.52 Å². The normalized spacial score (nSPS) is 17.6. The summed E-state index contributed by atoms with van der Waals surface area (Å²) in [6.07, 6.45) is 0. The number of likely N-dealkylation sites (N-methyl/N-ethyl adjacent to an activating group) is 1. The van der Waals surface area contributed by atoms with Gasteiger partial charge in [0.05, 0.1) is 0 Å². The van der Waals surface area contributed by atoms with Gasteiger partial charge >= 0.3 is 0 Å². The maximum atomic E-state index is 6.03. The Kier molecular flexibility index (Phi) is 2.59. The number of imidazole rings is 1. The van der Waals surface area contributed by atoms with Crippen LogP contribution in [0.5, 0.6) is 0 Å². The van der Waals surface area contributed by atoms with Crippen molar-refractivity contribution in [3.05, 3.63) is 17.8 Å². The monoisotopic (exact) mass is 246 g/mol. The van der Waals surface area contributed by atoms with Crippen LogP contribution in [-0.2, 0) is 0 Å². The zero-order chi connectivity index (χ0) is 12.7. The standard InChI is InChI=1S/C12H18N6/c1-9-3-4-10-11(14-9)18(12(13)15-10)17-7-5-16(2)6-8-17/h3-4H,5-8H2,1-2H3,(H2,13,15). The van der Waals surface area contributed by atoms with Gasteiger partial charge in [-0.1, -0.05) is 0 Å². The lowest BCUT2D eigenvalue weighted by Gasteiger charge is -2.34. The van der Waals surface area contributed by atoms with E-state index in [1.54, 1.807) is 0 Å². The number of aryl methyl sites for hydroxylation is 1. The molecule has 1 aliphatic heterocycles. The molecule has 0 unspecified atom stereocenters. The molecule has 0 bridgehead atoms. The lowest BCUT2D eigenvalue weighted by molar-refractivity contribution is 0.290.